The van der Waals surface area contributed by atoms with Gasteiger partial charge in [0.1, 0.15) is 5.56 Å². The van der Waals surface area contributed by atoms with Crippen LogP contribution in [0.25, 0.3) is 11.5 Å². The highest BCUT2D eigenvalue weighted by Crippen LogP contribution is 2.29. The van der Waals surface area contributed by atoms with Gasteiger partial charge in [0.2, 0.25) is 0 Å². The number of hydrogen-bond acceptors (Lipinski definition) is 5. The molecule has 0 bridgehead atoms. The van der Waals surface area contributed by atoms with Crippen molar-refractivity contribution in [1.29, 1.82) is 0 Å². The summed E-state index contributed by atoms with van der Waals surface area (Å²) in [6.07, 6.45) is 0. The van der Waals surface area contributed by atoms with E-state index < -0.39 is 4.92 Å². The maximum atomic E-state index is 10.8. The molecule has 82 valence electrons. The first-order valence-corrected chi connectivity index (χ1v) is 4.63. The van der Waals surface area contributed by atoms with Gasteiger partial charge in [0.15, 0.2) is 5.82 Å². The van der Waals surface area contributed by atoms with E-state index in [0.717, 1.165) is 5.56 Å². The predicted octanol–water partition coefficient (Wildman–Crippen LogP) is 2.26. The fraction of sp³-hybridized carbons (Fsp3) is 0.200. The number of benzene rings is 1. The molecule has 2 aromatic rings. The summed E-state index contributed by atoms with van der Waals surface area (Å²) in [6, 6.07) is 4.76. The van der Waals surface area contributed by atoms with E-state index >= 15 is 0 Å². The van der Waals surface area contributed by atoms with Crippen LogP contribution in [-0.2, 0) is 0 Å². The molecule has 0 atom stereocenters. The van der Waals surface area contributed by atoms with Gasteiger partial charge < -0.3 is 4.52 Å². The second kappa shape index (κ2) is 3.73. The molecule has 0 saturated heterocycles. The quantitative estimate of drug-likeness (QED) is 0.571. The molecule has 0 aliphatic heterocycles. The molecule has 0 N–H and O–H groups in total. The Labute approximate surface area is 91.1 Å². The Morgan fingerprint density at radius 2 is 2.12 bits per heavy atom. The summed E-state index contributed by atoms with van der Waals surface area (Å²) in [5.74, 6) is 0.624. The van der Waals surface area contributed by atoms with Gasteiger partial charge in [0.05, 0.1) is 4.92 Å². The van der Waals surface area contributed by atoms with E-state index in [1.54, 1.807) is 19.1 Å². The Balaban J connectivity index is 2.62. The average molecular weight is 219 g/mol. The normalized spacial score (nSPS) is 10.4. The number of nitro benzene ring substituents is 1. The second-order valence-corrected chi connectivity index (χ2v) is 3.42. The first kappa shape index (κ1) is 10.3. The lowest BCUT2D eigenvalue weighted by molar-refractivity contribution is -0.384. The van der Waals surface area contributed by atoms with Crippen molar-refractivity contribution in [2.24, 2.45) is 0 Å². The zero-order valence-electron chi connectivity index (χ0n) is 8.80. The van der Waals surface area contributed by atoms with Gasteiger partial charge in [0.25, 0.3) is 11.6 Å². The van der Waals surface area contributed by atoms with Crippen molar-refractivity contribution >= 4 is 5.69 Å². The van der Waals surface area contributed by atoms with Gasteiger partial charge >= 0.3 is 0 Å². The molecular weight excluding hydrogens is 210 g/mol. The van der Waals surface area contributed by atoms with E-state index in [2.05, 4.69) is 10.1 Å². The molecule has 0 radical (unpaired) electrons. The van der Waals surface area contributed by atoms with Crippen LogP contribution in [0.2, 0.25) is 0 Å². The van der Waals surface area contributed by atoms with Crippen molar-refractivity contribution in [3.8, 4) is 11.5 Å². The zero-order chi connectivity index (χ0) is 11.7. The van der Waals surface area contributed by atoms with Crippen molar-refractivity contribution in [2.75, 3.05) is 0 Å². The third-order valence-electron chi connectivity index (χ3n) is 2.11. The van der Waals surface area contributed by atoms with E-state index in [1.165, 1.54) is 6.07 Å². The van der Waals surface area contributed by atoms with Crippen molar-refractivity contribution in [1.82, 2.24) is 10.1 Å². The third-order valence-corrected chi connectivity index (χ3v) is 2.11. The average Bonchev–Trinajstić information content (AvgIpc) is 2.64. The van der Waals surface area contributed by atoms with Crippen molar-refractivity contribution < 1.29 is 9.45 Å². The molecule has 0 amide bonds. The smallest absolute Gasteiger partial charge is 0.282 e. The van der Waals surface area contributed by atoms with Gasteiger partial charge in [0, 0.05) is 6.07 Å². The number of hydrogen-bond donors (Lipinski definition) is 0. The number of aryl methyl sites for hydroxylation is 2. The van der Waals surface area contributed by atoms with Gasteiger partial charge in [-0.05, 0) is 25.5 Å². The molecule has 0 fully saturated rings. The summed E-state index contributed by atoms with van der Waals surface area (Å²) in [7, 11) is 0. The van der Waals surface area contributed by atoms with Crippen molar-refractivity contribution in [3.63, 3.8) is 0 Å². The largest absolute Gasteiger partial charge is 0.334 e. The minimum Gasteiger partial charge on any atom is -0.334 e. The zero-order valence-corrected chi connectivity index (χ0v) is 8.80. The van der Waals surface area contributed by atoms with Crippen molar-refractivity contribution in [2.45, 2.75) is 13.8 Å². The number of rotatable bonds is 2. The topological polar surface area (TPSA) is 82.1 Å². The van der Waals surface area contributed by atoms with E-state index in [9.17, 15) is 10.1 Å². The summed E-state index contributed by atoms with van der Waals surface area (Å²) in [5, 5.41) is 14.4. The lowest BCUT2D eigenvalue weighted by atomic mass is 10.1. The summed E-state index contributed by atoms with van der Waals surface area (Å²) in [6.45, 7) is 3.51. The maximum absolute atomic E-state index is 10.8. The van der Waals surface area contributed by atoms with E-state index in [1.807, 2.05) is 6.92 Å². The number of nitro groups is 1. The molecule has 6 heteroatoms. The van der Waals surface area contributed by atoms with Crippen LogP contribution >= 0.6 is 0 Å². The molecule has 0 spiro atoms. The van der Waals surface area contributed by atoms with Crippen LogP contribution < -0.4 is 0 Å². The molecule has 0 saturated carbocycles. The Kier molecular flexibility index (Phi) is 2.40. The summed E-state index contributed by atoms with van der Waals surface area (Å²) in [5.41, 5.74) is 1.22. The van der Waals surface area contributed by atoms with Gasteiger partial charge in [-0.3, -0.25) is 10.1 Å². The van der Waals surface area contributed by atoms with Gasteiger partial charge in [-0.1, -0.05) is 11.2 Å². The van der Waals surface area contributed by atoms with Crippen LogP contribution in [0.15, 0.2) is 22.7 Å². The minimum absolute atomic E-state index is 0.0331. The standard InChI is InChI=1S/C10H9N3O3/c1-6-3-4-9(13(14)15)8(5-6)10-11-7(2)12-16-10/h3-5H,1-2H3. The monoisotopic (exact) mass is 219 g/mol. The first-order valence-electron chi connectivity index (χ1n) is 4.63. The van der Waals surface area contributed by atoms with Crippen LogP contribution in [0, 0.1) is 24.0 Å². The minimum atomic E-state index is -0.464. The lowest BCUT2D eigenvalue weighted by Crippen LogP contribution is -1.92. The highest BCUT2D eigenvalue weighted by Gasteiger charge is 2.19. The Bertz CT molecular complexity index is 548. The van der Waals surface area contributed by atoms with E-state index in [0.29, 0.717) is 11.4 Å². The Morgan fingerprint density at radius 3 is 2.69 bits per heavy atom. The predicted molar refractivity (Wildman–Crippen MR) is 55.9 cm³/mol. The summed E-state index contributed by atoms with van der Waals surface area (Å²) >= 11 is 0. The second-order valence-electron chi connectivity index (χ2n) is 3.42. The summed E-state index contributed by atoms with van der Waals surface area (Å²) < 4.78 is 4.93. The van der Waals surface area contributed by atoms with Crippen LogP contribution in [0.5, 0.6) is 0 Å². The first-order chi connectivity index (χ1) is 7.58. The van der Waals surface area contributed by atoms with E-state index in [-0.39, 0.29) is 11.6 Å². The molecule has 2 rings (SSSR count). The maximum Gasteiger partial charge on any atom is 0.282 e. The molecule has 1 aromatic carbocycles. The van der Waals surface area contributed by atoms with Gasteiger partial charge in [-0.15, -0.1) is 0 Å². The molecule has 0 aliphatic carbocycles. The molecule has 6 nitrogen and oxygen atoms in total. The number of nitrogens with zero attached hydrogens (tertiary/aromatic N) is 3. The van der Waals surface area contributed by atoms with Gasteiger partial charge in [-0.25, -0.2) is 0 Å². The van der Waals surface area contributed by atoms with E-state index in [4.69, 9.17) is 4.52 Å². The Hall–Kier alpha value is -2.24. The van der Waals surface area contributed by atoms with Crippen molar-refractivity contribution in [3.05, 3.63) is 39.7 Å². The fourth-order valence-electron chi connectivity index (χ4n) is 1.39. The molecule has 1 aromatic heterocycles. The van der Waals surface area contributed by atoms with Crippen LogP contribution in [0.3, 0.4) is 0 Å². The fourth-order valence-corrected chi connectivity index (χ4v) is 1.39. The summed E-state index contributed by atoms with van der Waals surface area (Å²) in [4.78, 5) is 14.3. The molecular formula is C10H9N3O3. The highest BCUT2D eigenvalue weighted by molar-refractivity contribution is 5.67. The highest BCUT2D eigenvalue weighted by atomic mass is 16.6. The van der Waals surface area contributed by atoms with Crippen LogP contribution in [-0.4, -0.2) is 15.1 Å². The molecule has 0 aliphatic rings. The third kappa shape index (κ3) is 1.77. The SMILES string of the molecule is Cc1ccc([N+](=O)[O-])c(-c2nc(C)no2)c1. The van der Waals surface area contributed by atoms with Gasteiger partial charge in [-0.2, -0.15) is 4.98 Å². The molecule has 1 heterocycles. The van der Waals surface area contributed by atoms with Crippen LogP contribution in [0.1, 0.15) is 11.4 Å². The molecule has 0 unspecified atom stereocenters. The lowest BCUT2D eigenvalue weighted by Gasteiger charge is -1.98. The molecule has 16 heavy (non-hydrogen) atoms. The number of aromatic nitrogens is 2. The van der Waals surface area contributed by atoms with Crippen LogP contribution in [0.4, 0.5) is 5.69 Å². The Morgan fingerprint density at radius 1 is 1.38 bits per heavy atom.